The molecular formula is C16H21BrClNO2. The van der Waals surface area contributed by atoms with Gasteiger partial charge in [0.1, 0.15) is 0 Å². The Morgan fingerprint density at radius 3 is 2.81 bits per heavy atom. The first kappa shape index (κ1) is 16.8. The summed E-state index contributed by atoms with van der Waals surface area (Å²) >= 11 is 9.31. The Kier molecular flexibility index (Phi) is 5.69. The van der Waals surface area contributed by atoms with Crippen molar-refractivity contribution in [2.24, 2.45) is 0 Å². The van der Waals surface area contributed by atoms with Crippen molar-refractivity contribution in [1.29, 1.82) is 0 Å². The van der Waals surface area contributed by atoms with E-state index < -0.39 is 0 Å². The van der Waals surface area contributed by atoms with E-state index in [0.29, 0.717) is 17.2 Å². The van der Waals surface area contributed by atoms with Gasteiger partial charge < -0.3 is 10.1 Å². The molecule has 1 aliphatic heterocycles. The molecule has 1 fully saturated rings. The fraction of sp³-hybridized carbons (Fsp3) is 0.562. The zero-order valence-electron chi connectivity index (χ0n) is 12.4. The Hall–Kier alpha value is -0.580. The highest BCUT2D eigenvalue weighted by Crippen LogP contribution is 2.31. The van der Waals surface area contributed by atoms with E-state index in [9.17, 15) is 4.79 Å². The topological polar surface area (TPSA) is 38.3 Å². The maximum atomic E-state index is 12.3. The van der Waals surface area contributed by atoms with Gasteiger partial charge in [-0.15, -0.1) is 0 Å². The second-order valence-electron chi connectivity index (χ2n) is 5.53. The molecule has 2 rings (SSSR count). The molecule has 1 saturated heterocycles. The predicted molar refractivity (Wildman–Crippen MR) is 88.9 cm³/mol. The molecule has 5 heteroatoms. The van der Waals surface area contributed by atoms with Crippen LogP contribution >= 0.6 is 27.5 Å². The summed E-state index contributed by atoms with van der Waals surface area (Å²) in [7, 11) is 0. The number of halogens is 2. The summed E-state index contributed by atoms with van der Waals surface area (Å²) in [6, 6.07) is 5.39. The quantitative estimate of drug-likeness (QED) is 0.838. The van der Waals surface area contributed by atoms with Gasteiger partial charge in [-0.25, -0.2) is 0 Å². The van der Waals surface area contributed by atoms with Gasteiger partial charge in [-0.3, -0.25) is 4.79 Å². The molecule has 1 heterocycles. The number of carbonyl (C=O) groups is 1. The zero-order valence-corrected chi connectivity index (χ0v) is 14.8. The molecule has 1 aromatic carbocycles. The highest BCUT2D eigenvalue weighted by atomic mass is 79.9. The summed E-state index contributed by atoms with van der Waals surface area (Å²) in [5.41, 5.74) is 0.535. The van der Waals surface area contributed by atoms with Gasteiger partial charge in [0.2, 0.25) is 0 Å². The van der Waals surface area contributed by atoms with Crippen molar-refractivity contribution in [2.75, 3.05) is 6.61 Å². The number of carbonyl (C=O) groups excluding carboxylic acids is 1. The predicted octanol–water partition coefficient (Wildman–Crippen LogP) is 4.57. The monoisotopic (exact) mass is 373 g/mol. The molecule has 0 spiro atoms. The van der Waals surface area contributed by atoms with E-state index in [0.717, 1.165) is 30.2 Å². The normalized spacial score (nSPS) is 21.0. The van der Waals surface area contributed by atoms with Gasteiger partial charge in [-0.05, 0) is 59.8 Å². The standard InChI is InChI=1S/C16H21BrClNO2/c1-3-16(4-2)10-12(7-8-21-16)19-15(20)11-5-6-14(18)13(17)9-11/h5-6,9,12H,3-4,7-8,10H2,1-2H3,(H,19,20). The van der Waals surface area contributed by atoms with Crippen molar-refractivity contribution in [2.45, 2.75) is 51.2 Å². The van der Waals surface area contributed by atoms with Crippen molar-refractivity contribution < 1.29 is 9.53 Å². The van der Waals surface area contributed by atoms with Gasteiger partial charge in [-0.2, -0.15) is 0 Å². The van der Waals surface area contributed by atoms with Crippen molar-refractivity contribution >= 4 is 33.4 Å². The van der Waals surface area contributed by atoms with Crippen molar-refractivity contribution in [3.05, 3.63) is 33.3 Å². The van der Waals surface area contributed by atoms with Crippen molar-refractivity contribution in [3.63, 3.8) is 0 Å². The first-order valence-electron chi connectivity index (χ1n) is 7.39. The molecule has 0 aromatic heterocycles. The number of hydrogen-bond acceptors (Lipinski definition) is 2. The number of hydrogen-bond donors (Lipinski definition) is 1. The van der Waals surface area contributed by atoms with Gasteiger partial charge >= 0.3 is 0 Å². The summed E-state index contributed by atoms with van der Waals surface area (Å²) in [5, 5.41) is 3.73. The summed E-state index contributed by atoms with van der Waals surface area (Å²) in [6.07, 6.45) is 3.69. The van der Waals surface area contributed by atoms with Crippen molar-refractivity contribution in [3.8, 4) is 0 Å². The van der Waals surface area contributed by atoms with Crippen molar-refractivity contribution in [1.82, 2.24) is 5.32 Å². The minimum atomic E-state index is -0.0865. The van der Waals surface area contributed by atoms with E-state index in [1.54, 1.807) is 18.2 Å². The molecule has 116 valence electrons. The largest absolute Gasteiger partial charge is 0.375 e. The fourth-order valence-corrected chi connectivity index (χ4v) is 3.30. The highest BCUT2D eigenvalue weighted by Gasteiger charge is 2.35. The molecule has 3 nitrogen and oxygen atoms in total. The maximum absolute atomic E-state index is 12.3. The average Bonchev–Trinajstić information content (AvgIpc) is 2.50. The lowest BCUT2D eigenvalue weighted by atomic mass is 9.86. The second-order valence-corrected chi connectivity index (χ2v) is 6.79. The first-order valence-corrected chi connectivity index (χ1v) is 8.56. The Bertz CT molecular complexity index is 517. The van der Waals surface area contributed by atoms with E-state index in [4.69, 9.17) is 16.3 Å². The lowest BCUT2D eigenvalue weighted by Gasteiger charge is -2.40. The third kappa shape index (κ3) is 3.99. The molecule has 0 bridgehead atoms. The molecule has 1 N–H and O–H groups in total. The summed E-state index contributed by atoms with van der Waals surface area (Å²) in [6.45, 7) is 4.99. The van der Waals surface area contributed by atoms with Crippen LogP contribution in [0.15, 0.2) is 22.7 Å². The summed E-state index contributed by atoms with van der Waals surface area (Å²) in [4.78, 5) is 12.3. The molecule has 1 amide bonds. The van der Waals surface area contributed by atoms with Crippen LogP contribution in [-0.4, -0.2) is 24.2 Å². The Balaban J connectivity index is 2.03. The van der Waals surface area contributed by atoms with Crippen LogP contribution < -0.4 is 5.32 Å². The van der Waals surface area contributed by atoms with Crippen LogP contribution in [0.4, 0.5) is 0 Å². The first-order chi connectivity index (χ1) is 9.99. The Morgan fingerprint density at radius 2 is 2.19 bits per heavy atom. The van der Waals surface area contributed by atoms with E-state index in [1.807, 2.05) is 0 Å². The van der Waals surface area contributed by atoms with Crippen LogP contribution in [0.1, 0.15) is 49.9 Å². The SMILES string of the molecule is CCC1(CC)CC(NC(=O)c2ccc(Cl)c(Br)c2)CCO1. The molecule has 1 aromatic rings. The number of benzene rings is 1. The van der Waals surface area contributed by atoms with Crippen LogP contribution in [0.5, 0.6) is 0 Å². The molecule has 1 unspecified atom stereocenters. The van der Waals surface area contributed by atoms with Crippen LogP contribution in [0.2, 0.25) is 5.02 Å². The average molecular weight is 375 g/mol. The van der Waals surface area contributed by atoms with E-state index in [-0.39, 0.29) is 17.6 Å². The minimum absolute atomic E-state index is 0.0552. The third-order valence-corrected chi connectivity index (χ3v) is 5.51. The lowest BCUT2D eigenvalue weighted by molar-refractivity contribution is -0.0917. The lowest BCUT2D eigenvalue weighted by Crippen LogP contribution is -2.48. The maximum Gasteiger partial charge on any atom is 0.251 e. The van der Waals surface area contributed by atoms with E-state index >= 15 is 0 Å². The second kappa shape index (κ2) is 7.12. The molecule has 0 saturated carbocycles. The molecule has 0 aliphatic carbocycles. The third-order valence-electron chi connectivity index (χ3n) is 4.30. The van der Waals surface area contributed by atoms with Crippen LogP contribution in [0.25, 0.3) is 0 Å². The van der Waals surface area contributed by atoms with Crippen LogP contribution in [-0.2, 0) is 4.74 Å². The van der Waals surface area contributed by atoms with E-state index in [2.05, 4.69) is 35.1 Å². The Labute approximate surface area is 139 Å². The highest BCUT2D eigenvalue weighted by molar-refractivity contribution is 9.10. The number of nitrogens with one attached hydrogen (secondary N) is 1. The smallest absolute Gasteiger partial charge is 0.251 e. The number of ether oxygens (including phenoxy) is 1. The molecule has 1 atom stereocenters. The number of amides is 1. The minimum Gasteiger partial charge on any atom is -0.375 e. The summed E-state index contributed by atoms with van der Waals surface area (Å²) < 4.78 is 6.68. The molecule has 0 radical (unpaired) electrons. The van der Waals surface area contributed by atoms with Gasteiger partial charge in [-0.1, -0.05) is 25.4 Å². The zero-order chi connectivity index (χ0) is 15.5. The fourth-order valence-electron chi connectivity index (χ4n) is 2.80. The van der Waals surface area contributed by atoms with Crippen LogP contribution in [0, 0.1) is 0 Å². The molecule has 1 aliphatic rings. The summed E-state index contributed by atoms with van der Waals surface area (Å²) in [5.74, 6) is -0.0552. The molecule has 21 heavy (non-hydrogen) atoms. The van der Waals surface area contributed by atoms with Gasteiger partial charge in [0.05, 0.1) is 10.6 Å². The Morgan fingerprint density at radius 1 is 1.48 bits per heavy atom. The van der Waals surface area contributed by atoms with Gasteiger partial charge in [0.15, 0.2) is 0 Å². The molecular weight excluding hydrogens is 354 g/mol. The van der Waals surface area contributed by atoms with Gasteiger partial charge in [0.25, 0.3) is 5.91 Å². The van der Waals surface area contributed by atoms with Gasteiger partial charge in [0, 0.05) is 22.7 Å². The van der Waals surface area contributed by atoms with Crippen LogP contribution in [0.3, 0.4) is 0 Å². The number of rotatable bonds is 4. The van der Waals surface area contributed by atoms with E-state index in [1.165, 1.54) is 0 Å².